The van der Waals surface area contributed by atoms with Crippen LogP contribution in [-0.2, 0) is 28.4 Å². The van der Waals surface area contributed by atoms with Gasteiger partial charge in [-0.15, -0.1) is 0 Å². The lowest BCUT2D eigenvalue weighted by molar-refractivity contribution is -0.671. The predicted octanol–water partition coefficient (Wildman–Crippen LogP) is -0.885. The number of halogens is 2. The topological polar surface area (TPSA) is 104 Å². The van der Waals surface area contributed by atoms with Crippen LogP contribution in [0.2, 0.25) is 5.02 Å². The van der Waals surface area contributed by atoms with Gasteiger partial charge in [0.25, 0.3) is 15.9 Å². The monoisotopic (exact) mass is 456 g/mol. The minimum atomic E-state index is -3.89. The molecule has 3 rings (SSSR count). The number of imidazole rings is 1. The van der Waals surface area contributed by atoms with Crippen LogP contribution >= 0.6 is 11.6 Å². The Morgan fingerprint density at radius 1 is 1.21 bits per heavy atom. The second-order valence-electron chi connectivity index (χ2n) is 6.07. The van der Waals surface area contributed by atoms with Gasteiger partial charge in [0.15, 0.2) is 6.54 Å². The van der Waals surface area contributed by atoms with Gasteiger partial charge < -0.3 is 22.8 Å². The summed E-state index contributed by atoms with van der Waals surface area (Å²) in [6.45, 7) is 0.0559. The molecule has 1 heterocycles. The highest BCUT2D eigenvalue weighted by atomic mass is 35.5. The van der Waals surface area contributed by atoms with Gasteiger partial charge in [0.2, 0.25) is 6.33 Å². The molecule has 0 spiro atoms. The van der Waals surface area contributed by atoms with Crippen molar-refractivity contribution < 1.29 is 35.3 Å². The molecule has 1 amide bonds. The van der Waals surface area contributed by atoms with Crippen molar-refractivity contribution in [3.8, 4) is 5.75 Å². The van der Waals surface area contributed by atoms with Crippen molar-refractivity contribution in [3.63, 3.8) is 0 Å². The van der Waals surface area contributed by atoms with E-state index in [0.29, 0.717) is 0 Å². The molecular formula is C18H18Cl2N4O4S. The average Bonchev–Trinajstić information content (AvgIpc) is 3.04. The van der Waals surface area contributed by atoms with E-state index >= 15 is 0 Å². The van der Waals surface area contributed by atoms with Gasteiger partial charge in [-0.1, -0.05) is 29.8 Å². The number of carbonyl (C=O) groups is 1. The molecule has 154 valence electrons. The summed E-state index contributed by atoms with van der Waals surface area (Å²) in [6, 6.07) is 10.2. The molecule has 3 aromatic rings. The molecule has 11 heteroatoms. The van der Waals surface area contributed by atoms with Gasteiger partial charge in [0.1, 0.15) is 18.1 Å². The fraction of sp³-hybridized carbons (Fsp3) is 0.111. The first kappa shape index (κ1) is 22.5. The number of aryl methyl sites for hydroxylation is 1. The minimum absolute atomic E-state index is 0. The van der Waals surface area contributed by atoms with E-state index in [1.807, 2.05) is 7.05 Å². The van der Waals surface area contributed by atoms with E-state index < -0.39 is 10.0 Å². The van der Waals surface area contributed by atoms with Crippen molar-refractivity contribution in [1.82, 2.24) is 4.57 Å². The Balaban J connectivity index is 0.00000300. The van der Waals surface area contributed by atoms with Gasteiger partial charge in [-0.2, -0.15) is 0 Å². The standard InChI is InChI=1S/C18H17ClN4O4S.ClH/c1-22-7-8-23(12-22)11-18(25)20-15-10-17(24)16(9-14(15)19)21-28(26,27)13-5-3-2-4-6-13;/h2-10,12,21H,11H2,1H3,(H-,20,24,25);1H. The Labute approximate surface area is 179 Å². The quantitative estimate of drug-likeness (QED) is 0.330. The van der Waals surface area contributed by atoms with Gasteiger partial charge in [0.05, 0.1) is 28.3 Å². The highest BCUT2D eigenvalue weighted by Crippen LogP contribution is 2.35. The van der Waals surface area contributed by atoms with Crippen LogP contribution in [0, 0.1) is 0 Å². The van der Waals surface area contributed by atoms with E-state index in [2.05, 4.69) is 10.0 Å². The smallest absolute Gasteiger partial charge is 0.266 e. The van der Waals surface area contributed by atoms with Crippen LogP contribution in [0.5, 0.6) is 5.75 Å². The van der Waals surface area contributed by atoms with E-state index in [9.17, 15) is 18.3 Å². The van der Waals surface area contributed by atoms with Crippen LogP contribution in [0.4, 0.5) is 11.4 Å². The van der Waals surface area contributed by atoms with Crippen molar-refractivity contribution >= 4 is 38.9 Å². The number of aromatic nitrogens is 2. The third kappa shape index (κ3) is 5.63. The van der Waals surface area contributed by atoms with Crippen molar-refractivity contribution in [3.05, 3.63) is 66.2 Å². The number of hydrogen-bond acceptors (Lipinski definition) is 4. The number of rotatable bonds is 6. The van der Waals surface area contributed by atoms with Crippen molar-refractivity contribution in [2.24, 2.45) is 7.05 Å². The SMILES string of the molecule is C[n+]1ccn(CC(=O)Nc2cc(O)c(NS(=O)(=O)c3ccccc3)cc2Cl)c1.[Cl-]. The Morgan fingerprint density at radius 3 is 2.52 bits per heavy atom. The molecule has 0 aliphatic carbocycles. The highest BCUT2D eigenvalue weighted by molar-refractivity contribution is 7.92. The second-order valence-corrected chi connectivity index (χ2v) is 8.16. The summed E-state index contributed by atoms with van der Waals surface area (Å²) in [5.74, 6) is -0.721. The molecule has 0 atom stereocenters. The van der Waals surface area contributed by atoms with Gasteiger partial charge in [0, 0.05) is 6.07 Å². The fourth-order valence-corrected chi connectivity index (χ4v) is 3.79. The van der Waals surface area contributed by atoms with Gasteiger partial charge >= 0.3 is 0 Å². The van der Waals surface area contributed by atoms with Crippen LogP contribution in [0.15, 0.2) is 66.1 Å². The molecule has 0 aliphatic heterocycles. The summed E-state index contributed by atoms with van der Waals surface area (Å²) in [5.41, 5.74) is 0.0765. The van der Waals surface area contributed by atoms with Crippen molar-refractivity contribution in [2.45, 2.75) is 11.4 Å². The summed E-state index contributed by atoms with van der Waals surface area (Å²) >= 11 is 6.16. The van der Waals surface area contributed by atoms with Gasteiger partial charge in [-0.05, 0) is 18.2 Å². The van der Waals surface area contributed by atoms with Crippen LogP contribution in [-0.4, -0.2) is 24.0 Å². The largest absolute Gasteiger partial charge is 1.00 e. The van der Waals surface area contributed by atoms with E-state index in [0.717, 1.165) is 0 Å². The lowest BCUT2D eigenvalue weighted by Crippen LogP contribution is -3.00. The van der Waals surface area contributed by atoms with Gasteiger partial charge in [-0.3, -0.25) is 9.52 Å². The summed E-state index contributed by atoms with van der Waals surface area (Å²) in [4.78, 5) is 12.2. The summed E-state index contributed by atoms with van der Waals surface area (Å²) in [5, 5.41) is 12.9. The molecule has 0 bridgehead atoms. The minimum Gasteiger partial charge on any atom is -1.00 e. The molecule has 0 fully saturated rings. The number of sulfonamides is 1. The number of nitrogens with one attached hydrogen (secondary N) is 2. The molecule has 0 radical (unpaired) electrons. The molecule has 3 N–H and O–H groups in total. The molecular weight excluding hydrogens is 439 g/mol. The van der Waals surface area contributed by atoms with Gasteiger partial charge in [-0.25, -0.2) is 17.6 Å². The number of hydrogen-bond donors (Lipinski definition) is 3. The first-order valence-electron chi connectivity index (χ1n) is 8.16. The van der Waals surface area contributed by atoms with Crippen LogP contribution in [0.25, 0.3) is 0 Å². The maximum atomic E-state index is 12.4. The number of anilines is 2. The van der Waals surface area contributed by atoms with Crippen LogP contribution < -0.4 is 27.0 Å². The van der Waals surface area contributed by atoms with Crippen molar-refractivity contribution in [2.75, 3.05) is 10.0 Å². The molecule has 29 heavy (non-hydrogen) atoms. The zero-order chi connectivity index (χ0) is 20.3. The van der Waals surface area contributed by atoms with Crippen LogP contribution in [0.3, 0.4) is 0 Å². The normalized spacial score (nSPS) is 10.8. The molecule has 2 aromatic carbocycles. The molecule has 0 unspecified atom stereocenters. The maximum absolute atomic E-state index is 12.4. The van der Waals surface area contributed by atoms with E-state index in [4.69, 9.17) is 11.6 Å². The van der Waals surface area contributed by atoms with E-state index in [-0.39, 0.29) is 51.9 Å². The predicted molar refractivity (Wildman–Crippen MR) is 105 cm³/mol. The summed E-state index contributed by atoms with van der Waals surface area (Å²) in [7, 11) is -2.06. The Morgan fingerprint density at radius 2 is 1.90 bits per heavy atom. The number of phenolic OH excluding ortho intramolecular Hbond substituents is 1. The fourth-order valence-electron chi connectivity index (χ4n) is 2.49. The van der Waals surface area contributed by atoms with E-state index in [1.54, 1.807) is 46.1 Å². The first-order valence-corrected chi connectivity index (χ1v) is 10.0. The Hall–Kier alpha value is -2.75. The van der Waals surface area contributed by atoms with Crippen LogP contribution in [0.1, 0.15) is 0 Å². The Bertz CT molecular complexity index is 1120. The van der Waals surface area contributed by atoms with Crippen molar-refractivity contribution in [1.29, 1.82) is 0 Å². The number of benzene rings is 2. The zero-order valence-corrected chi connectivity index (χ0v) is 17.5. The lowest BCUT2D eigenvalue weighted by atomic mass is 10.2. The Kier molecular flexibility index (Phi) is 7.12. The summed E-state index contributed by atoms with van der Waals surface area (Å²) < 4.78 is 30.5. The summed E-state index contributed by atoms with van der Waals surface area (Å²) in [6.07, 6.45) is 5.26. The number of carbonyl (C=O) groups excluding carboxylic acids is 1. The number of amides is 1. The highest BCUT2D eigenvalue weighted by Gasteiger charge is 2.18. The molecule has 1 aromatic heterocycles. The molecule has 0 saturated heterocycles. The third-order valence-corrected chi connectivity index (χ3v) is 5.50. The van der Waals surface area contributed by atoms with E-state index in [1.165, 1.54) is 24.3 Å². The number of phenols is 1. The lowest BCUT2D eigenvalue weighted by Gasteiger charge is -2.13. The third-order valence-electron chi connectivity index (χ3n) is 3.81. The average molecular weight is 457 g/mol. The maximum Gasteiger partial charge on any atom is 0.266 e. The number of aromatic hydroxyl groups is 1. The first-order chi connectivity index (χ1) is 13.2. The molecule has 8 nitrogen and oxygen atoms in total. The molecule has 0 saturated carbocycles. The second kappa shape index (κ2) is 9.17. The zero-order valence-electron chi connectivity index (χ0n) is 15.2. The molecule has 0 aliphatic rings. The number of nitrogens with zero attached hydrogens (tertiary/aromatic N) is 2.